The van der Waals surface area contributed by atoms with Gasteiger partial charge in [-0.3, -0.25) is 14.4 Å². The Morgan fingerprint density at radius 3 is 0.762 bits per heavy atom. The first-order chi connectivity index (χ1) is 39.5. The predicted octanol–water partition coefficient (Wildman–Crippen LogP) is 23.6. The van der Waals surface area contributed by atoms with E-state index in [1.165, 1.54) is 186 Å². The fraction of sp³-hybridized carbons (Fsp3) is 0.743. The van der Waals surface area contributed by atoms with Crippen molar-refractivity contribution in [3.05, 3.63) is 97.2 Å². The van der Waals surface area contributed by atoms with Gasteiger partial charge in [-0.2, -0.15) is 0 Å². The van der Waals surface area contributed by atoms with Crippen LogP contribution >= 0.6 is 0 Å². The number of esters is 3. The lowest BCUT2D eigenvalue weighted by Gasteiger charge is -2.18. The lowest BCUT2D eigenvalue weighted by atomic mass is 10.0. The molecule has 0 N–H and O–H groups in total. The first kappa shape index (κ1) is 76.3. The maximum atomic E-state index is 12.9. The molecule has 80 heavy (non-hydrogen) atoms. The summed E-state index contributed by atoms with van der Waals surface area (Å²) in [5.74, 6) is -0.875. The summed E-state index contributed by atoms with van der Waals surface area (Å²) in [6.07, 6.45) is 91.3. The number of carbonyl (C=O) groups excluding carboxylic acids is 3. The lowest BCUT2D eigenvalue weighted by molar-refractivity contribution is -0.167. The fourth-order valence-corrected chi connectivity index (χ4v) is 9.71. The average Bonchev–Trinajstić information content (AvgIpc) is 3.46. The Balaban J connectivity index is 4.29. The van der Waals surface area contributed by atoms with E-state index in [-0.39, 0.29) is 31.1 Å². The molecule has 0 bridgehead atoms. The van der Waals surface area contributed by atoms with Crippen LogP contribution in [0.4, 0.5) is 0 Å². The molecule has 0 rings (SSSR count). The van der Waals surface area contributed by atoms with Crippen LogP contribution in [0.3, 0.4) is 0 Å². The van der Waals surface area contributed by atoms with Gasteiger partial charge >= 0.3 is 17.9 Å². The van der Waals surface area contributed by atoms with E-state index in [0.29, 0.717) is 19.3 Å². The van der Waals surface area contributed by atoms with E-state index in [2.05, 4.69) is 118 Å². The van der Waals surface area contributed by atoms with E-state index in [1.54, 1.807) is 0 Å². The number of unbranched alkanes of at least 4 members (excludes halogenated alkanes) is 35. The molecule has 0 saturated carbocycles. The van der Waals surface area contributed by atoms with Crippen molar-refractivity contribution < 1.29 is 28.6 Å². The van der Waals surface area contributed by atoms with E-state index in [4.69, 9.17) is 14.2 Å². The van der Waals surface area contributed by atoms with E-state index in [0.717, 1.165) is 109 Å². The first-order valence-corrected chi connectivity index (χ1v) is 34.2. The quantitative estimate of drug-likeness (QED) is 0.0261. The second kappa shape index (κ2) is 67.8. The molecule has 0 spiro atoms. The largest absolute Gasteiger partial charge is 0.462 e. The van der Waals surface area contributed by atoms with Gasteiger partial charge < -0.3 is 14.2 Å². The predicted molar refractivity (Wildman–Crippen MR) is 348 cm³/mol. The second-order valence-electron chi connectivity index (χ2n) is 22.7. The van der Waals surface area contributed by atoms with Gasteiger partial charge in [-0.15, -0.1) is 0 Å². The number of allylic oxidation sites excluding steroid dienone is 16. The van der Waals surface area contributed by atoms with Crippen LogP contribution < -0.4 is 0 Å². The first-order valence-electron chi connectivity index (χ1n) is 34.2. The highest BCUT2D eigenvalue weighted by atomic mass is 16.6. The molecule has 6 heteroatoms. The van der Waals surface area contributed by atoms with E-state index < -0.39 is 6.10 Å². The Morgan fingerprint density at radius 1 is 0.263 bits per heavy atom. The molecular formula is C74H128O6. The van der Waals surface area contributed by atoms with Gasteiger partial charge in [-0.05, 0) is 103 Å². The topological polar surface area (TPSA) is 78.9 Å². The minimum atomic E-state index is -0.783. The molecule has 1 unspecified atom stereocenters. The summed E-state index contributed by atoms with van der Waals surface area (Å²) in [5.41, 5.74) is 0. The molecule has 0 heterocycles. The summed E-state index contributed by atoms with van der Waals surface area (Å²) >= 11 is 0. The number of hydrogen-bond donors (Lipinski definition) is 0. The molecule has 0 radical (unpaired) electrons. The Hall–Kier alpha value is -3.67. The maximum absolute atomic E-state index is 12.9. The van der Waals surface area contributed by atoms with Crippen molar-refractivity contribution in [1.29, 1.82) is 0 Å². The van der Waals surface area contributed by atoms with E-state index >= 15 is 0 Å². The third kappa shape index (κ3) is 65.1. The zero-order valence-electron chi connectivity index (χ0n) is 52.8. The van der Waals surface area contributed by atoms with Gasteiger partial charge in [0.1, 0.15) is 13.2 Å². The van der Waals surface area contributed by atoms with Crippen LogP contribution in [0, 0.1) is 0 Å². The minimum absolute atomic E-state index is 0.0781. The Kier molecular flexibility index (Phi) is 64.7. The van der Waals surface area contributed by atoms with Crippen molar-refractivity contribution in [2.75, 3.05) is 13.2 Å². The van der Waals surface area contributed by atoms with Crippen LogP contribution in [-0.2, 0) is 28.6 Å². The van der Waals surface area contributed by atoms with Crippen LogP contribution in [0.2, 0.25) is 0 Å². The smallest absolute Gasteiger partial charge is 0.306 e. The zero-order valence-corrected chi connectivity index (χ0v) is 52.8. The van der Waals surface area contributed by atoms with Gasteiger partial charge in [0.2, 0.25) is 0 Å². The highest BCUT2D eigenvalue weighted by Crippen LogP contribution is 2.17. The van der Waals surface area contributed by atoms with Crippen molar-refractivity contribution in [1.82, 2.24) is 0 Å². The fourth-order valence-electron chi connectivity index (χ4n) is 9.71. The molecule has 1 atom stereocenters. The second-order valence-corrected chi connectivity index (χ2v) is 22.7. The molecule has 0 fully saturated rings. The van der Waals surface area contributed by atoms with Crippen LogP contribution in [0.1, 0.15) is 335 Å². The molecule has 0 aromatic carbocycles. The highest BCUT2D eigenvalue weighted by Gasteiger charge is 2.19. The molecule has 0 aromatic rings. The number of carbonyl (C=O) groups is 3. The number of hydrogen-bond acceptors (Lipinski definition) is 6. The van der Waals surface area contributed by atoms with Crippen molar-refractivity contribution >= 4 is 17.9 Å². The molecule has 0 aromatic heterocycles. The molecule has 6 nitrogen and oxygen atoms in total. The molecule has 0 amide bonds. The Bertz CT molecular complexity index is 1560. The lowest BCUT2D eigenvalue weighted by Crippen LogP contribution is -2.30. The van der Waals surface area contributed by atoms with Gasteiger partial charge in [0.25, 0.3) is 0 Å². The Morgan fingerprint density at radius 2 is 0.487 bits per heavy atom. The standard InChI is InChI=1S/C74H128O6/c1-4-7-10-13-16-19-22-25-27-29-31-33-35-36-37-38-40-41-43-45-47-49-52-55-58-61-64-67-73(76)79-70-71(69-78-72(75)66-63-60-57-54-51-24-21-18-15-12-9-6-3)80-74(77)68-65-62-59-56-53-50-48-46-44-42-39-34-32-30-28-26-23-20-17-14-11-8-5-2/h7,10,16,19,23,25-27,30-33,36-37,39,42,71H,4-6,8-9,11-15,17-18,20-22,24,28-29,34-35,38,40-41,43-70H2,1-3H3/b10-7-,19-16-,26-23-,27-25-,32-30-,33-31-,37-36-,42-39-. The molecule has 0 aliphatic heterocycles. The van der Waals surface area contributed by atoms with Gasteiger partial charge in [0.05, 0.1) is 0 Å². The molecule has 0 saturated heterocycles. The van der Waals surface area contributed by atoms with E-state index in [9.17, 15) is 14.4 Å². The van der Waals surface area contributed by atoms with Gasteiger partial charge in [0.15, 0.2) is 6.10 Å². The van der Waals surface area contributed by atoms with Gasteiger partial charge in [0, 0.05) is 19.3 Å². The zero-order chi connectivity index (χ0) is 57.8. The molecular weight excluding hydrogens is 985 g/mol. The summed E-state index contributed by atoms with van der Waals surface area (Å²) in [5, 5.41) is 0. The number of ether oxygens (including phenoxy) is 3. The third-order valence-electron chi connectivity index (χ3n) is 14.8. The van der Waals surface area contributed by atoms with Crippen LogP contribution in [0.25, 0.3) is 0 Å². The van der Waals surface area contributed by atoms with Gasteiger partial charge in [-0.1, -0.05) is 311 Å². The monoisotopic (exact) mass is 1110 g/mol. The summed E-state index contributed by atoms with van der Waals surface area (Å²) in [6.45, 7) is 6.54. The molecule has 0 aliphatic carbocycles. The van der Waals surface area contributed by atoms with Crippen LogP contribution in [0.15, 0.2) is 97.2 Å². The van der Waals surface area contributed by atoms with Gasteiger partial charge in [-0.25, -0.2) is 0 Å². The van der Waals surface area contributed by atoms with E-state index in [1.807, 2.05) is 0 Å². The normalized spacial score (nSPS) is 12.7. The summed E-state index contributed by atoms with van der Waals surface area (Å²) in [4.78, 5) is 38.4. The van der Waals surface area contributed by atoms with Crippen molar-refractivity contribution in [3.63, 3.8) is 0 Å². The summed E-state index contributed by atoms with van der Waals surface area (Å²) in [6, 6.07) is 0. The minimum Gasteiger partial charge on any atom is -0.462 e. The van der Waals surface area contributed by atoms with Crippen molar-refractivity contribution in [2.24, 2.45) is 0 Å². The van der Waals surface area contributed by atoms with Crippen molar-refractivity contribution in [3.8, 4) is 0 Å². The number of rotatable bonds is 62. The van der Waals surface area contributed by atoms with Crippen molar-refractivity contribution in [2.45, 2.75) is 341 Å². The summed E-state index contributed by atoms with van der Waals surface area (Å²) < 4.78 is 17.0. The summed E-state index contributed by atoms with van der Waals surface area (Å²) in [7, 11) is 0. The third-order valence-corrected chi connectivity index (χ3v) is 14.8. The average molecular weight is 1110 g/mol. The van der Waals surface area contributed by atoms with Crippen LogP contribution in [-0.4, -0.2) is 37.2 Å². The highest BCUT2D eigenvalue weighted by molar-refractivity contribution is 5.71. The van der Waals surface area contributed by atoms with Crippen LogP contribution in [0.5, 0.6) is 0 Å². The molecule has 0 aliphatic rings. The Labute approximate surface area is 496 Å². The molecule has 460 valence electrons. The maximum Gasteiger partial charge on any atom is 0.306 e. The SMILES string of the molecule is CC/C=C\C/C=C\C/C=C\C/C=C\C/C=C\CCCCCCCCCCCCCC(=O)OCC(COC(=O)CCCCCCCCCCCCCC)OC(=O)CCCCCCCCCC/C=C\C/C=C\C/C=C\CCCCCCC.